The summed E-state index contributed by atoms with van der Waals surface area (Å²) in [6, 6.07) is 5.01. The molecular formula is C12H18ClNO2. The van der Waals surface area contributed by atoms with Gasteiger partial charge in [-0.15, -0.1) is 0 Å². The molecule has 1 unspecified atom stereocenters. The number of nitrogens with one attached hydrogen (secondary N) is 1. The first kappa shape index (κ1) is 13.3. The van der Waals surface area contributed by atoms with Crippen LogP contribution in [0.3, 0.4) is 0 Å². The van der Waals surface area contributed by atoms with Crippen LogP contribution in [0.2, 0.25) is 5.02 Å². The second-order valence-electron chi connectivity index (χ2n) is 4.02. The molecule has 16 heavy (non-hydrogen) atoms. The molecule has 0 fully saturated rings. The number of aliphatic hydroxyl groups excluding tert-OH is 1. The summed E-state index contributed by atoms with van der Waals surface area (Å²) < 4.78 is 0. The highest BCUT2D eigenvalue weighted by Crippen LogP contribution is 2.21. The fourth-order valence-corrected chi connectivity index (χ4v) is 1.67. The monoisotopic (exact) mass is 243 g/mol. The van der Waals surface area contributed by atoms with E-state index >= 15 is 0 Å². The number of phenolic OH excluding ortho intramolecular Hbond substituents is 1. The molecule has 0 spiro atoms. The van der Waals surface area contributed by atoms with Gasteiger partial charge in [-0.1, -0.05) is 18.5 Å². The smallest absolute Gasteiger partial charge is 0.120 e. The summed E-state index contributed by atoms with van der Waals surface area (Å²) in [5, 5.41) is 22.2. The molecule has 90 valence electrons. The Morgan fingerprint density at radius 2 is 2.19 bits per heavy atom. The lowest BCUT2D eigenvalue weighted by Crippen LogP contribution is -2.21. The van der Waals surface area contributed by atoms with Crippen LogP contribution in [0, 0.1) is 5.92 Å². The van der Waals surface area contributed by atoms with Gasteiger partial charge in [0.1, 0.15) is 5.75 Å². The number of halogens is 1. The van der Waals surface area contributed by atoms with Gasteiger partial charge >= 0.3 is 0 Å². The predicted molar refractivity (Wildman–Crippen MR) is 65.7 cm³/mol. The van der Waals surface area contributed by atoms with Gasteiger partial charge in [-0.05, 0) is 37.1 Å². The van der Waals surface area contributed by atoms with Gasteiger partial charge in [0.05, 0.1) is 0 Å². The van der Waals surface area contributed by atoms with Crippen molar-refractivity contribution in [2.45, 2.75) is 19.9 Å². The fourth-order valence-electron chi connectivity index (χ4n) is 1.47. The highest BCUT2D eigenvalue weighted by Gasteiger charge is 2.04. The number of phenols is 1. The highest BCUT2D eigenvalue weighted by atomic mass is 35.5. The van der Waals surface area contributed by atoms with Crippen molar-refractivity contribution in [1.29, 1.82) is 0 Å². The van der Waals surface area contributed by atoms with Crippen LogP contribution in [0.5, 0.6) is 5.75 Å². The summed E-state index contributed by atoms with van der Waals surface area (Å²) in [4.78, 5) is 0. The molecule has 3 nitrogen and oxygen atoms in total. The van der Waals surface area contributed by atoms with E-state index in [4.69, 9.17) is 16.7 Å². The summed E-state index contributed by atoms with van der Waals surface area (Å²) in [6.45, 7) is 3.68. The molecule has 0 saturated carbocycles. The van der Waals surface area contributed by atoms with Crippen LogP contribution < -0.4 is 5.32 Å². The summed E-state index contributed by atoms with van der Waals surface area (Å²) >= 11 is 5.84. The Labute approximate surface area is 101 Å². The van der Waals surface area contributed by atoms with Gasteiger partial charge in [0.25, 0.3) is 0 Å². The lowest BCUT2D eigenvalue weighted by atomic mass is 10.1. The topological polar surface area (TPSA) is 52.5 Å². The number of aromatic hydroxyl groups is 1. The van der Waals surface area contributed by atoms with Crippen LogP contribution in [-0.2, 0) is 6.54 Å². The number of hydrogen-bond donors (Lipinski definition) is 3. The van der Waals surface area contributed by atoms with Crippen molar-refractivity contribution >= 4 is 11.6 Å². The highest BCUT2D eigenvalue weighted by molar-refractivity contribution is 6.30. The van der Waals surface area contributed by atoms with Crippen LogP contribution in [0.15, 0.2) is 18.2 Å². The fraction of sp³-hybridized carbons (Fsp3) is 0.500. The van der Waals surface area contributed by atoms with Crippen molar-refractivity contribution in [3.05, 3.63) is 28.8 Å². The van der Waals surface area contributed by atoms with Crippen LogP contribution in [0.25, 0.3) is 0 Å². The van der Waals surface area contributed by atoms with E-state index in [9.17, 15) is 5.11 Å². The van der Waals surface area contributed by atoms with E-state index < -0.39 is 0 Å². The first-order chi connectivity index (χ1) is 7.63. The number of rotatable bonds is 6. The van der Waals surface area contributed by atoms with E-state index in [2.05, 4.69) is 12.2 Å². The van der Waals surface area contributed by atoms with Gasteiger partial charge in [0.2, 0.25) is 0 Å². The lowest BCUT2D eigenvalue weighted by Gasteiger charge is -2.11. The van der Waals surface area contributed by atoms with Gasteiger partial charge in [-0.3, -0.25) is 0 Å². The lowest BCUT2D eigenvalue weighted by molar-refractivity contribution is 0.260. The van der Waals surface area contributed by atoms with E-state index in [1.807, 2.05) is 0 Å². The van der Waals surface area contributed by atoms with E-state index in [-0.39, 0.29) is 12.4 Å². The van der Waals surface area contributed by atoms with Crippen LogP contribution >= 0.6 is 11.6 Å². The molecule has 1 atom stereocenters. The Balaban J connectivity index is 2.39. The molecule has 1 aromatic rings. The van der Waals surface area contributed by atoms with Crippen LogP contribution in [-0.4, -0.2) is 23.4 Å². The summed E-state index contributed by atoms with van der Waals surface area (Å²) in [7, 11) is 0. The quantitative estimate of drug-likeness (QED) is 0.718. The van der Waals surface area contributed by atoms with E-state index in [0.717, 1.165) is 18.5 Å². The Bertz CT molecular complexity index is 331. The van der Waals surface area contributed by atoms with E-state index in [0.29, 0.717) is 17.5 Å². The minimum absolute atomic E-state index is 0.214. The third kappa shape index (κ3) is 4.39. The van der Waals surface area contributed by atoms with E-state index in [1.54, 1.807) is 18.2 Å². The Morgan fingerprint density at radius 3 is 2.88 bits per heavy atom. The molecule has 0 aromatic heterocycles. The standard InChI is InChI=1S/C12H18ClNO2/c1-9(4-5-15)7-14-8-10-6-11(13)2-3-12(10)16/h2-3,6,9,14-16H,4-5,7-8H2,1H3. The van der Waals surface area contributed by atoms with E-state index in [1.165, 1.54) is 0 Å². The molecule has 1 rings (SSSR count). The molecule has 0 bridgehead atoms. The number of hydrogen-bond acceptors (Lipinski definition) is 3. The van der Waals surface area contributed by atoms with Crippen LogP contribution in [0.1, 0.15) is 18.9 Å². The molecule has 0 amide bonds. The average Bonchev–Trinajstić information content (AvgIpc) is 2.23. The SMILES string of the molecule is CC(CCO)CNCc1cc(Cl)ccc1O. The minimum atomic E-state index is 0.214. The molecule has 0 aliphatic carbocycles. The Morgan fingerprint density at radius 1 is 1.44 bits per heavy atom. The second kappa shape index (κ2) is 6.74. The van der Waals surface area contributed by atoms with Crippen molar-refractivity contribution in [3.63, 3.8) is 0 Å². The molecule has 0 heterocycles. The first-order valence-corrected chi connectivity index (χ1v) is 5.80. The minimum Gasteiger partial charge on any atom is -0.508 e. The van der Waals surface area contributed by atoms with Gasteiger partial charge in [-0.2, -0.15) is 0 Å². The van der Waals surface area contributed by atoms with Crippen molar-refractivity contribution in [1.82, 2.24) is 5.32 Å². The maximum Gasteiger partial charge on any atom is 0.120 e. The summed E-state index contributed by atoms with van der Waals surface area (Å²) in [5.41, 5.74) is 0.795. The molecule has 3 N–H and O–H groups in total. The zero-order valence-corrected chi connectivity index (χ0v) is 10.2. The van der Waals surface area contributed by atoms with Crippen LogP contribution in [0.4, 0.5) is 0 Å². The molecule has 0 saturated heterocycles. The van der Waals surface area contributed by atoms with Crippen molar-refractivity contribution in [2.24, 2.45) is 5.92 Å². The Kier molecular flexibility index (Phi) is 5.60. The number of benzene rings is 1. The summed E-state index contributed by atoms with van der Waals surface area (Å²) in [6.07, 6.45) is 0.786. The third-order valence-electron chi connectivity index (χ3n) is 2.47. The first-order valence-electron chi connectivity index (χ1n) is 5.42. The molecular weight excluding hydrogens is 226 g/mol. The van der Waals surface area contributed by atoms with Crippen molar-refractivity contribution in [2.75, 3.05) is 13.2 Å². The third-order valence-corrected chi connectivity index (χ3v) is 2.71. The second-order valence-corrected chi connectivity index (χ2v) is 4.46. The van der Waals surface area contributed by atoms with Gasteiger partial charge < -0.3 is 15.5 Å². The van der Waals surface area contributed by atoms with Gasteiger partial charge in [-0.25, -0.2) is 0 Å². The van der Waals surface area contributed by atoms with Crippen molar-refractivity contribution in [3.8, 4) is 5.75 Å². The molecule has 0 aliphatic rings. The Hall–Kier alpha value is -0.770. The van der Waals surface area contributed by atoms with Crippen molar-refractivity contribution < 1.29 is 10.2 Å². The molecule has 0 aliphatic heterocycles. The molecule has 1 aromatic carbocycles. The largest absolute Gasteiger partial charge is 0.508 e. The predicted octanol–water partition coefficient (Wildman–Crippen LogP) is 2.15. The van der Waals surface area contributed by atoms with Gasteiger partial charge in [0, 0.05) is 23.7 Å². The molecule has 0 radical (unpaired) electrons. The summed E-state index contributed by atoms with van der Waals surface area (Å²) in [5.74, 6) is 0.679. The maximum atomic E-state index is 9.56. The van der Waals surface area contributed by atoms with Gasteiger partial charge in [0.15, 0.2) is 0 Å². The average molecular weight is 244 g/mol. The normalized spacial score (nSPS) is 12.7. The molecule has 4 heteroatoms. The zero-order chi connectivity index (χ0) is 12.0. The maximum absolute atomic E-state index is 9.56. The number of aliphatic hydroxyl groups is 1. The zero-order valence-electron chi connectivity index (χ0n) is 9.41.